The molecule has 0 aliphatic carbocycles. The zero-order chi connectivity index (χ0) is 15.9. The fraction of sp³-hybridized carbons (Fsp3) is 0.176. The summed E-state index contributed by atoms with van der Waals surface area (Å²) < 4.78 is 6.24. The zero-order valence-electron chi connectivity index (χ0n) is 12.4. The Bertz CT molecular complexity index is 944. The molecule has 22 heavy (non-hydrogen) atoms. The van der Waals surface area contributed by atoms with Crippen LogP contribution in [0.15, 0.2) is 47.3 Å². The van der Waals surface area contributed by atoms with E-state index in [9.17, 15) is 9.59 Å². The van der Waals surface area contributed by atoms with Gasteiger partial charge in [0.2, 0.25) is 0 Å². The van der Waals surface area contributed by atoms with Crippen molar-refractivity contribution in [1.29, 1.82) is 0 Å². The number of nitrogens with two attached hydrogens (primary N) is 1. The number of anilines is 1. The number of fused-ring (bicyclic) bond motifs is 3. The number of hydrogen-bond donors (Lipinski definition) is 1. The summed E-state index contributed by atoms with van der Waals surface area (Å²) in [5.74, 6) is -0.462. The Morgan fingerprint density at radius 2 is 1.82 bits per heavy atom. The molecule has 5 nitrogen and oxygen atoms in total. The molecule has 0 spiro atoms. The maximum atomic E-state index is 12.8. The van der Waals surface area contributed by atoms with Crippen LogP contribution in [-0.4, -0.2) is 17.6 Å². The second-order valence-electron chi connectivity index (χ2n) is 5.20. The van der Waals surface area contributed by atoms with Crippen molar-refractivity contribution in [2.45, 2.75) is 13.0 Å². The van der Waals surface area contributed by atoms with Crippen LogP contribution >= 0.6 is 0 Å². The highest BCUT2D eigenvalue weighted by Crippen LogP contribution is 2.26. The molecular weight excluding hydrogens is 280 g/mol. The topological polar surface area (TPSA) is 74.3 Å². The molecule has 112 valence electrons. The molecule has 0 aliphatic rings. The van der Waals surface area contributed by atoms with Gasteiger partial charge in [0.1, 0.15) is 6.04 Å². The number of ether oxygens (including phenoxy) is 1. The molecule has 2 aromatic carbocycles. The van der Waals surface area contributed by atoms with E-state index in [0.29, 0.717) is 16.6 Å². The van der Waals surface area contributed by atoms with Gasteiger partial charge in [-0.2, -0.15) is 0 Å². The number of rotatable bonds is 2. The van der Waals surface area contributed by atoms with Crippen molar-refractivity contribution < 1.29 is 9.53 Å². The van der Waals surface area contributed by atoms with Gasteiger partial charge >= 0.3 is 5.97 Å². The number of hydrogen-bond acceptors (Lipinski definition) is 4. The van der Waals surface area contributed by atoms with Crippen LogP contribution in [-0.2, 0) is 9.53 Å². The molecule has 3 aromatic rings. The first-order valence-corrected chi connectivity index (χ1v) is 6.95. The lowest BCUT2D eigenvalue weighted by atomic mass is 10.0. The molecule has 0 saturated heterocycles. The fourth-order valence-corrected chi connectivity index (χ4v) is 2.78. The Hall–Kier alpha value is -2.82. The minimum Gasteiger partial charge on any atom is -0.467 e. The second-order valence-corrected chi connectivity index (χ2v) is 5.20. The lowest BCUT2D eigenvalue weighted by Gasteiger charge is -2.18. The van der Waals surface area contributed by atoms with Crippen molar-refractivity contribution in [2.24, 2.45) is 0 Å². The summed E-state index contributed by atoms with van der Waals surface area (Å²) >= 11 is 0. The van der Waals surface area contributed by atoms with Gasteiger partial charge in [-0.1, -0.05) is 18.2 Å². The minimum absolute atomic E-state index is 0.217. The molecule has 2 N–H and O–H groups in total. The Morgan fingerprint density at radius 1 is 1.14 bits per heavy atom. The lowest BCUT2D eigenvalue weighted by molar-refractivity contribution is -0.143. The number of aromatic nitrogens is 1. The highest BCUT2D eigenvalue weighted by atomic mass is 16.5. The van der Waals surface area contributed by atoms with Crippen molar-refractivity contribution in [1.82, 2.24) is 4.57 Å². The Balaban J connectivity index is 2.51. The molecule has 0 fully saturated rings. The van der Waals surface area contributed by atoms with Crippen LogP contribution in [0.3, 0.4) is 0 Å². The van der Waals surface area contributed by atoms with E-state index in [4.69, 9.17) is 10.5 Å². The van der Waals surface area contributed by atoms with E-state index in [0.717, 1.165) is 10.8 Å². The number of carbonyl (C=O) groups is 1. The summed E-state index contributed by atoms with van der Waals surface area (Å²) in [7, 11) is 1.31. The van der Waals surface area contributed by atoms with E-state index in [2.05, 4.69) is 0 Å². The maximum Gasteiger partial charge on any atom is 0.328 e. The second kappa shape index (κ2) is 5.18. The van der Waals surface area contributed by atoms with Gasteiger partial charge in [-0.05, 0) is 36.6 Å². The molecule has 0 amide bonds. The van der Waals surface area contributed by atoms with Gasteiger partial charge in [0.15, 0.2) is 0 Å². The van der Waals surface area contributed by atoms with E-state index in [1.54, 1.807) is 31.2 Å². The van der Waals surface area contributed by atoms with E-state index in [1.165, 1.54) is 11.7 Å². The number of nitrogen functional groups attached to an aromatic ring is 1. The summed E-state index contributed by atoms with van der Waals surface area (Å²) in [5.41, 5.74) is 6.94. The number of esters is 1. The number of methoxy groups -OCH3 is 1. The van der Waals surface area contributed by atoms with Crippen LogP contribution in [0.25, 0.3) is 21.7 Å². The SMILES string of the molecule is COC(=O)C(C)n1c(=O)c2ccccc2c2cc(N)ccc21. The molecule has 1 heterocycles. The summed E-state index contributed by atoms with van der Waals surface area (Å²) in [4.78, 5) is 24.7. The molecule has 5 heteroatoms. The number of carbonyl (C=O) groups excluding carboxylic acids is 1. The Labute approximate surface area is 126 Å². The zero-order valence-corrected chi connectivity index (χ0v) is 12.4. The molecule has 0 aliphatic heterocycles. The summed E-state index contributed by atoms with van der Waals surface area (Å²) in [5, 5.41) is 2.21. The van der Waals surface area contributed by atoms with Gasteiger partial charge < -0.3 is 10.5 Å². The minimum atomic E-state index is -0.715. The average molecular weight is 296 g/mol. The first-order valence-electron chi connectivity index (χ1n) is 6.95. The standard InChI is InChI=1S/C17H16N2O3/c1-10(17(21)22-2)19-15-8-7-11(18)9-14(15)12-5-3-4-6-13(12)16(19)20/h3-10H,18H2,1-2H3. The van der Waals surface area contributed by atoms with E-state index in [-0.39, 0.29) is 5.56 Å². The van der Waals surface area contributed by atoms with Crippen LogP contribution in [0.4, 0.5) is 5.69 Å². The predicted octanol–water partition coefficient (Wildman–Crippen LogP) is 2.47. The fourth-order valence-electron chi connectivity index (χ4n) is 2.78. The third-order valence-electron chi connectivity index (χ3n) is 3.88. The van der Waals surface area contributed by atoms with Crippen molar-refractivity contribution >= 4 is 33.3 Å². The molecule has 1 atom stereocenters. The van der Waals surface area contributed by atoms with Crippen LogP contribution in [0, 0.1) is 0 Å². The molecule has 1 aromatic heterocycles. The number of pyridine rings is 1. The molecular formula is C17H16N2O3. The van der Waals surface area contributed by atoms with Gasteiger partial charge in [-0.15, -0.1) is 0 Å². The van der Waals surface area contributed by atoms with E-state index < -0.39 is 12.0 Å². The molecule has 0 saturated carbocycles. The molecule has 3 rings (SSSR count). The number of nitrogens with zero attached hydrogens (tertiary/aromatic N) is 1. The third-order valence-corrected chi connectivity index (χ3v) is 3.88. The Morgan fingerprint density at radius 3 is 2.50 bits per heavy atom. The largest absolute Gasteiger partial charge is 0.467 e. The normalized spacial score (nSPS) is 12.5. The van der Waals surface area contributed by atoms with Crippen molar-refractivity contribution in [3.05, 3.63) is 52.8 Å². The van der Waals surface area contributed by atoms with Crippen LogP contribution in [0.2, 0.25) is 0 Å². The van der Waals surface area contributed by atoms with Crippen LogP contribution < -0.4 is 11.3 Å². The van der Waals surface area contributed by atoms with Crippen LogP contribution in [0.5, 0.6) is 0 Å². The van der Waals surface area contributed by atoms with Gasteiger partial charge in [-0.3, -0.25) is 9.36 Å². The number of benzene rings is 2. The summed E-state index contributed by atoms with van der Waals surface area (Å²) in [6.07, 6.45) is 0. The monoisotopic (exact) mass is 296 g/mol. The first-order chi connectivity index (χ1) is 10.5. The molecule has 1 unspecified atom stereocenters. The van der Waals surface area contributed by atoms with Crippen LogP contribution in [0.1, 0.15) is 13.0 Å². The van der Waals surface area contributed by atoms with E-state index >= 15 is 0 Å². The smallest absolute Gasteiger partial charge is 0.328 e. The van der Waals surface area contributed by atoms with Gasteiger partial charge in [0, 0.05) is 16.5 Å². The van der Waals surface area contributed by atoms with E-state index in [1.807, 2.05) is 18.2 Å². The average Bonchev–Trinajstić information content (AvgIpc) is 2.54. The summed E-state index contributed by atoms with van der Waals surface area (Å²) in [6.45, 7) is 1.65. The van der Waals surface area contributed by atoms with Crippen molar-refractivity contribution in [3.8, 4) is 0 Å². The third kappa shape index (κ3) is 2.02. The highest BCUT2D eigenvalue weighted by Gasteiger charge is 2.21. The first kappa shape index (κ1) is 14.1. The highest BCUT2D eigenvalue weighted by molar-refractivity contribution is 6.06. The van der Waals surface area contributed by atoms with Crippen molar-refractivity contribution in [2.75, 3.05) is 12.8 Å². The maximum absolute atomic E-state index is 12.8. The quantitative estimate of drug-likeness (QED) is 0.448. The van der Waals surface area contributed by atoms with Gasteiger partial charge in [-0.25, -0.2) is 4.79 Å². The Kier molecular flexibility index (Phi) is 3.33. The summed E-state index contributed by atoms with van der Waals surface area (Å²) in [6, 6.07) is 11.9. The molecule has 0 bridgehead atoms. The van der Waals surface area contributed by atoms with Gasteiger partial charge in [0.25, 0.3) is 5.56 Å². The molecule has 0 radical (unpaired) electrons. The van der Waals surface area contributed by atoms with Crippen molar-refractivity contribution in [3.63, 3.8) is 0 Å². The predicted molar refractivity (Wildman–Crippen MR) is 86.9 cm³/mol. The van der Waals surface area contributed by atoms with Gasteiger partial charge in [0.05, 0.1) is 12.6 Å². The lowest BCUT2D eigenvalue weighted by Crippen LogP contribution is -2.29.